The van der Waals surface area contributed by atoms with Gasteiger partial charge in [-0.2, -0.15) is 0 Å². The molecule has 0 aliphatic carbocycles. The van der Waals surface area contributed by atoms with Crippen molar-refractivity contribution in [2.75, 3.05) is 7.11 Å². The van der Waals surface area contributed by atoms with Crippen LogP contribution in [0.15, 0.2) is 45.7 Å². The van der Waals surface area contributed by atoms with E-state index in [-0.39, 0.29) is 11.6 Å². The summed E-state index contributed by atoms with van der Waals surface area (Å²) in [6, 6.07) is 9.74. The highest BCUT2D eigenvalue weighted by Gasteiger charge is 2.11. The minimum absolute atomic E-state index is 0.154. The van der Waals surface area contributed by atoms with Crippen molar-refractivity contribution >= 4 is 17.7 Å². The Morgan fingerprint density at radius 2 is 2.11 bits per heavy atom. The maximum atomic E-state index is 13.4. The average molecular weight is 266 g/mol. The Morgan fingerprint density at radius 3 is 2.83 bits per heavy atom. The van der Waals surface area contributed by atoms with Gasteiger partial charge in [-0.3, -0.25) is 0 Å². The first kappa shape index (κ1) is 12.7. The number of thioether (sulfide) groups is 1. The third-order valence-corrected chi connectivity index (χ3v) is 3.33. The van der Waals surface area contributed by atoms with E-state index in [1.54, 1.807) is 30.3 Å². The molecule has 1 aromatic heterocycles. The van der Waals surface area contributed by atoms with Crippen molar-refractivity contribution in [3.8, 4) is 0 Å². The number of hydrogen-bond acceptors (Lipinski definition) is 4. The number of furan rings is 1. The molecule has 18 heavy (non-hydrogen) atoms. The second-order valence-corrected chi connectivity index (χ2v) is 4.49. The summed E-state index contributed by atoms with van der Waals surface area (Å²) in [7, 11) is 1.29. The Bertz CT molecular complexity index is 551. The maximum Gasteiger partial charge on any atom is 0.373 e. The molecule has 0 unspecified atom stereocenters. The molecule has 0 spiro atoms. The highest BCUT2D eigenvalue weighted by Crippen LogP contribution is 2.26. The predicted molar refractivity (Wildman–Crippen MR) is 66.0 cm³/mol. The predicted octanol–water partition coefficient (Wildman–Crippen LogP) is 3.50. The van der Waals surface area contributed by atoms with Crippen LogP contribution in [0.2, 0.25) is 0 Å². The highest BCUT2D eigenvalue weighted by molar-refractivity contribution is 7.98. The molecule has 0 aliphatic heterocycles. The van der Waals surface area contributed by atoms with E-state index < -0.39 is 5.97 Å². The van der Waals surface area contributed by atoms with E-state index in [4.69, 9.17) is 4.42 Å². The Balaban J connectivity index is 2.01. The van der Waals surface area contributed by atoms with Crippen LogP contribution in [0.25, 0.3) is 0 Å². The van der Waals surface area contributed by atoms with Gasteiger partial charge >= 0.3 is 5.97 Å². The number of rotatable bonds is 4. The molecule has 0 aliphatic rings. The van der Waals surface area contributed by atoms with Crippen molar-refractivity contribution in [3.63, 3.8) is 0 Å². The number of ether oxygens (including phenoxy) is 1. The number of carbonyl (C=O) groups excluding carboxylic acids is 1. The van der Waals surface area contributed by atoms with E-state index in [9.17, 15) is 9.18 Å². The zero-order valence-corrected chi connectivity index (χ0v) is 10.5. The number of halogens is 1. The Kier molecular flexibility index (Phi) is 4.04. The molecule has 1 aromatic carbocycles. The van der Waals surface area contributed by atoms with Crippen LogP contribution >= 0.6 is 11.8 Å². The first-order valence-electron chi connectivity index (χ1n) is 5.25. The first-order valence-corrected chi connectivity index (χ1v) is 6.23. The SMILES string of the molecule is COC(=O)c1ccc(CSc2ccccc2F)o1. The third kappa shape index (κ3) is 2.92. The molecule has 3 nitrogen and oxygen atoms in total. The van der Waals surface area contributed by atoms with Gasteiger partial charge in [0.25, 0.3) is 0 Å². The lowest BCUT2D eigenvalue weighted by Crippen LogP contribution is -1.98. The van der Waals surface area contributed by atoms with Gasteiger partial charge in [-0.15, -0.1) is 11.8 Å². The van der Waals surface area contributed by atoms with Crippen molar-refractivity contribution in [1.82, 2.24) is 0 Å². The summed E-state index contributed by atoms with van der Waals surface area (Å²) in [5, 5.41) is 0. The maximum absolute atomic E-state index is 13.4. The van der Waals surface area contributed by atoms with Gasteiger partial charge in [-0.1, -0.05) is 12.1 Å². The normalized spacial score (nSPS) is 10.3. The van der Waals surface area contributed by atoms with Crippen LogP contribution in [0.4, 0.5) is 4.39 Å². The van der Waals surface area contributed by atoms with Crippen LogP contribution in [-0.4, -0.2) is 13.1 Å². The molecule has 0 N–H and O–H groups in total. The number of hydrogen-bond donors (Lipinski definition) is 0. The largest absolute Gasteiger partial charge is 0.463 e. The topological polar surface area (TPSA) is 39.4 Å². The van der Waals surface area contributed by atoms with E-state index >= 15 is 0 Å². The summed E-state index contributed by atoms with van der Waals surface area (Å²) in [5.74, 6) is 0.433. The summed E-state index contributed by atoms with van der Waals surface area (Å²) >= 11 is 1.31. The first-order chi connectivity index (χ1) is 8.70. The summed E-state index contributed by atoms with van der Waals surface area (Å²) < 4.78 is 23.2. The zero-order valence-electron chi connectivity index (χ0n) is 9.68. The van der Waals surface area contributed by atoms with Crippen LogP contribution in [0.1, 0.15) is 16.3 Å². The number of methoxy groups -OCH3 is 1. The van der Waals surface area contributed by atoms with Crippen LogP contribution in [-0.2, 0) is 10.5 Å². The summed E-state index contributed by atoms with van der Waals surface area (Å²) in [6.07, 6.45) is 0. The fourth-order valence-corrected chi connectivity index (χ4v) is 2.21. The van der Waals surface area contributed by atoms with E-state index in [0.29, 0.717) is 16.4 Å². The molecule has 2 rings (SSSR count). The smallest absolute Gasteiger partial charge is 0.373 e. The van der Waals surface area contributed by atoms with Gasteiger partial charge in [0.15, 0.2) is 0 Å². The highest BCUT2D eigenvalue weighted by atomic mass is 32.2. The lowest BCUT2D eigenvalue weighted by atomic mass is 10.3. The van der Waals surface area contributed by atoms with Gasteiger partial charge in [0.2, 0.25) is 5.76 Å². The lowest BCUT2D eigenvalue weighted by molar-refractivity contribution is 0.0563. The van der Waals surface area contributed by atoms with E-state index in [2.05, 4.69) is 4.74 Å². The van der Waals surface area contributed by atoms with Crippen LogP contribution in [0.5, 0.6) is 0 Å². The van der Waals surface area contributed by atoms with Crippen molar-refractivity contribution in [3.05, 3.63) is 53.7 Å². The van der Waals surface area contributed by atoms with Gasteiger partial charge in [0.1, 0.15) is 11.6 Å². The summed E-state index contributed by atoms with van der Waals surface area (Å²) in [5.41, 5.74) is 0. The average Bonchev–Trinajstić information content (AvgIpc) is 2.86. The van der Waals surface area contributed by atoms with Crippen LogP contribution in [0.3, 0.4) is 0 Å². The molecule has 0 radical (unpaired) electrons. The van der Waals surface area contributed by atoms with Crippen LogP contribution < -0.4 is 0 Å². The number of esters is 1. The Hall–Kier alpha value is -1.75. The van der Waals surface area contributed by atoms with E-state index in [0.717, 1.165) is 0 Å². The number of carbonyl (C=O) groups is 1. The molecule has 1 heterocycles. The molecule has 0 saturated carbocycles. The van der Waals surface area contributed by atoms with Gasteiger partial charge < -0.3 is 9.15 Å². The van der Waals surface area contributed by atoms with Crippen molar-refractivity contribution in [2.24, 2.45) is 0 Å². The minimum Gasteiger partial charge on any atom is -0.463 e. The number of benzene rings is 1. The molecule has 2 aromatic rings. The Morgan fingerprint density at radius 1 is 1.33 bits per heavy atom. The fourth-order valence-electron chi connectivity index (χ4n) is 1.38. The standard InChI is InChI=1S/C13H11FO3S/c1-16-13(15)11-7-6-9(17-11)8-18-12-5-3-2-4-10(12)14/h2-7H,8H2,1H3. The quantitative estimate of drug-likeness (QED) is 0.627. The Labute approximate surface area is 108 Å². The monoisotopic (exact) mass is 266 g/mol. The van der Waals surface area contributed by atoms with Gasteiger partial charge in [-0.25, -0.2) is 9.18 Å². The molecule has 0 fully saturated rings. The molecule has 0 saturated heterocycles. The molecule has 0 bridgehead atoms. The van der Waals surface area contributed by atoms with E-state index in [1.807, 2.05) is 0 Å². The van der Waals surface area contributed by atoms with Crippen LogP contribution in [0, 0.1) is 5.82 Å². The summed E-state index contributed by atoms with van der Waals surface area (Å²) in [6.45, 7) is 0. The van der Waals surface area contributed by atoms with E-state index in [1.165, 1.54) is 24.9 Å². The summed E-state index contributed by atoms with van der Waals surface area (Å²) in [4.78, 5) is 11.7. The fraction of sp³-hybridized carbons (Fsp3) is 0.154. The minimum atomic E-state index is -0.517. The van der Waals surface area contributed by atoms with Gasteiger partial charge in [0.05, 0.1) is 12.9 Å². The van der Waals surface area contributed by atoms with Gasteiger partial charge in [0, 0.05) is 4.90 Å². The molecule has 0 amide bonds. The molecule has 94 valence electrons. The lowest BCUT2D eigenvalue weighted by Gasteiger charge is -2.00. The molecule has 0 atom stereocenters. The second-order valence-electron chi connectivity index (χ2n) is 3.48. The van der Waals surface area contributed by atoms with Crippen molar-refractivity contribution in [2.45, 2.75) is 10.6 Å². The molecule has 5 heteroatoms. The second kappa shape index (κ2) is 5.73. The van der Waals surface area contributed by atoms with Crippen molar-refractivity contribution < 1.29 is 18.3 Å². The molecular formula is C13H11FO3S. The van der Waals surface area contributed by atoms with Crippen molar-refractivity contribution in [1.29, 1.82) is 0 Å². The molecular weight excluding hydrogens is 255 g/mol. The van der Waals surface area contributed by atoms with Gasteiger partial charge in [-0.05, 0) is 24.3 Å². The third-order valence-electron chi connectivity index (χ3n) is 2.25. The zero-order chi connectivity index (χ0) is 13.0.